The predicted octanol–water partition coefficient (Wildman–Crippen LogP) is -4.25. The number of rotatable bonds is 20. The Kier molecular flexibility index (Phi) is 35.5. The first kappa shape index (κ1) is 55.6. The summed E-state index contributed by atoms with van der Waals surface area (Å²) in [5.41, 5.74) is 8.11. The number of carbonyl (C=O) groups excluding carboxylic acids is 2. The van der Waals surface area contributed by atoms with Crippen molar-refractivity contribution in [3.05, 3.63) is 24.3 Å². The molecule has 284 valence electrons. The Bertz CT molecular complexity index is 934. The number of aliphatic hydroxyl groups excluding tert-OH is 6. The van der Waals surface area contributed by atoms with Crippen LogP contribution in [-0.4, -0.2) is 190 Å². The number of carboxylic acid groups (broad SMARTS) is 4. The molecule has 0 spiro atoms. The maximum atomic E-state index is 11.0. The molecular formula is C28H52CaN2O18. The maximum absolute atomic E-state index is 11.0. The van der Waals surface area contributed by atoms with Gasteiger partial charge >= 0.3 is 73.6 Å². The number of esters is 2. The Morgan fingerprint density at radius 3 is 0.939 bits per heavy atom. The quantitative estimate of drug-likeness (QED) is 0.0319. The summed E-state index contributed by atoms with van der Waals surface area (Å²) in [5.74, 6) is -5.61. The summed E-state index contributed by atoms with van der Waals surface area (Å²) in [4.78, 5) is 61.7. The fourth-order valence-corrected chi connectivity index (χ4v) is 2.06. The molecule has 0 radical (unpaired) electrons. The van der Waals surface area contributed by atoms with E-state index in [2.05, 4.69) is 13.2 Å². The molecule has 0 saturated heterocycles. The van der Waals surface area contributed by atoms with Crippen LogP contribution in [0.3, 0.4) is 0 Å². The zero-order valence-electron chi connectivity index (χ0n) is 26.9. The Labute approximate surface area is 312 Å². The molecule has 0 amide bonds. The molecule has 0 aromatic rings. The summed E-state index contributed by atoms with van der Waals surface area (Å²) >= 11 is 0. The molecule has 0 unspecified atom stereocenters. The SMILES string of the molecule is C=C(C)C(=O)OCC(CO)(CO)CO.C=C(C)C(=O)OCC(CO)(CO)CO.N[C@@H](CCC(=O)O)C(=O)O.N[C@@H](CCC(=O)O)C(=O)O.[CaH2]. The van der Waals surface area contributed by atoms with Crippen LogP contribution in [0.2, 0.25) is 0 Å². The van der Waals surface area contributed by atoms with Gasteiger partial charge in [-0.1, -0.05) is 13.2 Å². The molecule has 21 heteroatoms. The fraction of sp³-hybridized carbons (Fsp3) is 0.643. The summed E-state index contributed by atoms with van der Waals surface area (Å²) in [7, 11) is 0. The second-order valence-electron chi connectivity index (χ2n) is 10.4. The van der Waals surface area contributed by atoms with Crippen LogP contribution in [0.25, 0.3) is 0 Å². The summed E-state index contributed by atoms with van der Waals surface area (Å²) < 4.78 is 9.45. The van der Waals surface area contributed by atoms with Crippen LogP contribution < -0.4 is 11.5 Å². The minimum atomic E-state index is -1.18. The van der Waals surface area contributed by atoms with E-state index in [-0.39, 0.29) is 87.8 Å². The van der Waals surface area contributed by atoms with Crippen LogP contribution in [0.5, 0.6) is 0 Å². The predicted molar refractivity (Wildman–Crippen MR) is 172 cm³/mol. The number of aliphatic hydroxyl groups is 6. The van der Waals surface area contributed by atoms with E-state index in [1.807, 2.05) is 0 Å². The summed E-state index contributed by atoms with van der Waals surface area (Å²) in [6.45, 7) is 6.52. The van der Waals surface area contributed by atoms with E-state index < -0.39 is 98.4 Å². The van der Waals surface area contributed by atoms with Crippen LogP contribution in [0.1, 0.15) is 39.5 Å². The first-order valence-electron chi connectivity index (χ1n) is 13.8. The van der Waals surface area contributed by atoms with Gasteiger partial charge in [0.1, 0.15) is 25.3 Å². The number of aliphatic carboxylic acids is 4. The van der Waals surface area contributed by atoms with Gasteiger partial charge < -0.3 is 72.0 Å². The molecule has 0 aliphatic carbocycles. The minimum absolute atomic E-state index is 0. The summed E-state index contributed by atoms with van der Waals surface area (Å²) in [6.07, 6.45) is -0.448. The van der Waals surface area contributed by atoms with Gasteiger partial charge in [-0.3, -0.25) is 19.2 Å². The third-order valence-electron chi connectivity index (χ3n) is 5.70. The van der Waals surface area contributed by atoms with Crippen molar-refractivity contribution in [2.45, 2.75) is 51.6 Å². The normalized spacial score (nSPS) is 11.5. The Balaban J connectivity index is -0.000000177. The van der Waals surface area contributed by atoms with Gasteiger partial charge in [-0.25, -0.2) is 9.59 Å². The van der Waals surface area contributed by atoms with Gasteiger partial charge in [0, 0.05) is 24.0 Å². The van der Waals surface area contributed by atoms with Crippen molar-refractivity contribution in [3.63, 3.8) is 0 Å². The van der Waals surface area contributed by atoms with Gasteiger partial charge in [0.25, 0.3) is 0 Å². The zero-order chi connectivity index (χ0) is 38.7. The van der Waals surface area contributed by atoms with E-state index in [1.54, 1.807) is 0 Å². The van der Waals surface area contributed by atoms with Gasteiger partial charge in [0.15, 0.2) is 0 Å². The Morgan fingerprint density at radius 2 is 0.796 bits per heavy atom. The molecule has 2 atom stereocenters. The van der Waals surface area contributed by atoms with Crippen molar-refractivity contribution in [1.29, 1.82) is 0 Å². The summed E-state index contributed by atoms with van der Waals surface area (Å²) in [6, 6.07) is -2.12. The second kappa shape index (κ2) is 31.2. The topological polar surface area (TPSA) is 375 Å². The van der Waals surface area contributed by atoms with Gasteiger partial charge in [0.05, 0.1) is 50.5 Å². The van der Waals surface area contributed by atoms with E-state index in [0.29, 0.717) is 0 Å². The van der Waals surface area contributed by atoms with Gasteiger partial charge in [0.2, 0.25) is 0 Å². The Hall–Kier alpha value is -2.76. The van der Waals surface area contributed by atoms with Gasteiger partial charge in [-0.05, 0) is 26.7 Å². The number of ether oxygens (including phenoxy) is 2. The van der Waals surface area contributed by atoms with Crippen molar-refractivity contribution >= 4 is 73.6 Å². The third kappa shape index (κ3) is 29.8. The van der Waals surface area contributed by atoms with E-state index in [4.69, 9.17) is 72.0 Å². The van der Waals surface area contributed by atoms with Crippen molar-refractivity contribution in [3.8, 4) is 0 Å². The van der Waals surface area contributed by atoms with E-state index in [9.17, 15) is 28.8 Å². The van der Waals surface area contributed by atoms with Crippen LogP contribution in [0.4, 0.5) is 0 Å². The number of carbonyl (C=O) groups is 6. The van der Waals surface area contributed by atoms with Gasteiger partial charge in [-0.2, -0.15) is 0 Å². The number of hydrogen-bond acceptors (Lipinski definition) is 16. The fourth-order valence-electron chi connectivity index (χ4n) is 2.06. The van der Waals surface area contributed by atoms with Crippen molar-refractivity contribution < 1.29 is 89.3 Å². The second-order valence-corrected chi connectivity index (χ2v) is 10.4. The number of carboxylic acids is 4. The van der Waals surface area contributed by atoms with Crippen LogP contribution in [0, 0.1) is 10.8 Å². The van der Waals surface area contributed by atoms with Crippen LogP contribution in [-0.2, 0) is 38.2 Å². The van der Waals surface area contributed by atoms with Crippen molar-refractivity contribution in [2.24, 2.45) is 22.3 Å². The number of nitrogens with two attached hydrogens (primary N) is 2. The molecule has 20 nitrogen and oxygen atoms in total. The third-order valence-corrected chi connectivity index (χ3v) is 5.70. The van der Waals surface area contributed by atoms with Crippen LogP contribution >= 0.6 is 0 Å². The average Bonchev–Trinajstić information content (AvgIpc) is 3.04. The molecule has 0 aliphatic heterocycles. The molecule has 0 rings (SSSR count). The number of hydrogen-bond donors (Lipinski definition) is 12. The standard InChI is InChI=1S/2C9H16O5.2C5H9NO4.Ca.2H/c2*1-7(2)8(13)14-6-9(3-10,4-11)5-12;2*6-3(5(9)10)1-2-4(7)8;;;/h2*10-12H,1,3-6H2,2H3;2*3H,1-2,6H2,(H,7,8)(H,9,10);;;/t;;2*3-;;;/m..00.../s1. The van der Waals surface area contributed by atoms with Crippen molar-refractivity contribution in [1.82, 2.24) is 0 Å². The molecule has 0 heterocycles. The molecule has 0 saturated carbocycles. The van der Waals surface area contributed by atoms with Gasteiger partial charge in [-0.15, -0.1) is 0 Å². The van der Waals surface area contributed by atoms with E-state index in [0.717, 1.165) is 0 Å². The first-order chi connectivity index (χ1) is 22.1. The molecule has 0 aliphatic rings. The van der Waals surface area contributed by atoms with Crippen LogP contribution in [0.15, 0.2) is 24.3 Å². The molecule has 0 bridgehead atoms. The molecule has 0 aromatic heterocycles. The zero-order valence-corrected chi connectivity index (χ0v) is 26.9. The first-order valence-corrected chi connectivity index (χ1v) is 13.8. The molecule has 0 aromatic carbocycles. The monoisotopic (exact) mass is 744 g/mol. The van der Waals surface area contributed by atoms with E-state index in [1.165, 1.54) is 13.8 Å². The molecular weight excluding hydrogens is 692 g/mol. The average molecular weight is 745 g/mol. The Morgan fingerprint density at radius 1 is 0.571 bits per heavy atom. The molecule has 14 N–H and O–H groups in total. The van der Waals surface area contributed by atoms with E-state index >= 15 is 0 Å². The molecule has 49 heavy (non-hydrogen) atoms. The van der Waals surface area contributed by atoms with Crippen molar-refractivity contribution in [2.75, 3.05) is 52.9 Å². The summed E-state index contributed by atoms with van der Waals surface area (Å²) in [5, 5.41) is 85.9. The molecule has 0 fully saturated rings.